The molecular weight excluding hydrogens is 199 g/mol. The minimum Gasteiger partial charge on any atom is -0.481 e. The van der Waals surface area contributed by atoms with E-state index in [0.717, 1.165) is 5.56 Å². The fourth-order valence-corrected chi connectivity index (χ4v) is 1.35. The first-order valence-corrected chi connectivity index (χ1v) is 4.73. The van der Waals surface area contributed by atoms with Crippen molar-refractivity contribution in [1.82, 2.24) is 0 Å². The summed E-state index contributed by atoms with van der Waals surface area (Å²) in [7, 11) is 0. The Morgan fingerprint density at radius 2 is 2.13 bits per heavy atom. The van der Waals surface area contributed by atoms with Crippen LogP contribution >= 0.6 is 0 Å². The zero-order valence-electron chi connectivity index (χ0n) is 8.24. The molecule has 15 heavy (non-hydrogen) atoms. The van der Waals surface area contributed by atoms with E-state index in [1.807, 2.05) is 0 Å². The molecule has 0 saturated heterocycles. The highest BCUT2D eigenvalue weighted by Gasteiger charge is 2.03. The largest absolute Gasteiger partial charge is 0.481 e. The molecule has 0 fully saturated rings. The summed E-state index contributed by atoms with van der Waals surface area (Å²) in [6, 6.07) is 4.47. The van der Waals surface area contributed by atoms with E-state index in [-0.39, 0.29) is 18.6 Å². The van der Waals surface area contributed by atoms with Crippen molar-refractivity contribution in [1.29, 1.82) is 0 Å². The first-order valence-electron chi connectivity index (χ1n) is 4.73. The molecule has 0 aromatic heterocycles. The van der Waals surface area contributed by atoms with Gasteiger partial charge in [0.2, 0.25) is 0 Å². The molecule has 0 radical (unpaired) electrons. The molecule has 0 unspecified atom stereocenters. The molecule has 0 aliphatic carbocycles. The van der Waals surface area contributed by atoms with E-state index in [1.54, 1.807) is 12.1 Å². The van der Waals surface area contributed by atoms with Gasteiger partial charge in [-0.15, -0.1) is 0 Å². The van der Waals surface area contributed by atoms with Gasteiger partial charge in [0.05, 0.1) is 6.61 Å². The highest BCUT2D eigenvalue weighted by molar-refractivity contribution is 5.66. The number of aryl methyl sites for hydroxylation is 1. The minimum atomic E-state index is -0.834. The highest BCUT2D eigenvalue weighted by Crippen LogP contribution is 2.12. The molecule has 0 heterocycles. The molecule has 1 aromatic carbocycles. The number of aliphatic hydroxyl groups excluding tert-OH is 1. The molecule has 82 valence electrons. The third kappa shape index (κ3) is 3.67. The first kappa shape index (κ1) is 11.7. The van der Waals surface area contributed by atoms with Crippen molar-refractivity contribution in [2.24, 2.45) is 0 Å². The lowest BCUT2D eigenvalue weighted by Crippen LogP contribution is -1.97. The van der Waals surface area contributed by atoms with Gasteiger partial charge in [0, 0.05) is 12.0 Å². The normalized spacial score (nSPS) is 10.3. The van der Waals surface area contributed by atoms with Gasteiger partial charge in [-0.2, -0.15) is 0 Å². The second-order valence-electron chi connectivity index (χ2n) is 3.33. The van der Waals surface area contributed by atoms with Gasteiger partial charge in [-0.25, -0.2) is 4.39 Å². The average molecular weight is 212 g/mol. The van der Waals surface area contributed by atoms with Gasteiger partial charge in [-0.05, 0) is 24.5 Å². The number of hydrogen-bond acceptors (Lipinski definition) is 2. The van der Waals surface area contributed by atoms with E-state index in [4.69, 9.17) is 10.2 Å². The highest BCUT2D eigenvalue weighted by atomic mass is 19.1. The summed E-state index contributed by atoms with van der Waals surface area (Å²) < 4.78 is 13.0. The predicted molar refractivity (Wildman–Crippen MR) is 52.9 cm³/mol. The van der Waals surface area contributed by atoms with Gasteiger partial charge in [-0.3, -0.25) is 4.79 Å². The third-order valence-corrected chi connectivity index (χ3v) is 2.14. The minimum absolute atomic E-state index is 0.103. The number of hydrogen-bond donors (Lipinski definition) is 2. The Bertz CT molecular complexity index is 350. The van der Waals surface area contributed by atoms with Crippen LogP contribution in [0.2, 0.25) is 0 Å². The lowest BCUT2D eigenvalue weighted by atomic mass is 10.1. The Labute approximate surface area is 87.2 Å². The van der Waals surface area contributed by atoms with Crippen LogP contribution in [0.5, 0.6) is 0 Å². The molecule has 1 aromatic rings. The molecule has 0 saturated carbocycles. The van der Waals surface area contributed by atoms with Crippen molar-refractivity contribution in [2.45, 2.75) is 25.9 Å². The number of carboxylic acid groups (broad SMARTS) is 1. The van der Waals surface area contributed by atoms with Crippen LogP contribution in [0.1, 0.15) is 24.0 Å². The summed E-state index contributed by atoms with van der Waals surface area (Å²) in [4.78, 5) is 10.3. The molecule has 0 atom stereocenters. The number of carbonyl (C=O) groups is 1. The maximum Gasteiger partial charge on any atom is 0.303 e. The van der Waals surface area contributed by atoms with Gasteiger partial charge in [0.25, 0.3) is 0 Å². The number of carboxylic acids is 1. The Balaban J connectivity index is 2.58. The summed E-state index contributed by atoms with van der Waals surface area (Å²) in [5.74, 6) is -1.26. The number of rotatable bonds is 5. The van der Waals surface area contributed by atoms with E-state index in [2.05, 4.69) is 0 Å². The van der Waals surface area contributed by atoms with Crippen molar-refractivity contribution < 1.29 is 19.4 Å². The standard InChI is InChI=1S/C11H13FO3/c12-10-5-4-8(6-9(10)7-13)2-1-3-11(14)15/h4-6,13H,1-3,7H2,(H,14,15). The zero-order chi connectivity index (χ0) is 11.3. The summed E-state index contributed by atoms with van der Waals surface area (Å²) in [5, 5.41) is 17.3. The fraction of sp³-hybridized carbons (Fsp3) is 0.364. The number of benzene rings is 1. The van der Waals surface area contributed by atoms with Crippen LogP contribution in [0.15, 0.2) is 18.2 Å². The van der Waals surface area contributed by atoms with Gasteiger partial charge in [0.15, 0.2) is 0 Å². The molecule has 1 rings (SSSR count). The third-order valence-electron chi connectivity index (χ3n) is 2.14. The van der Waals surface area contributed by atoms with E-state index in [0.29, 0.717) is 12.8 Å². The smallest absolute Gasteiger partial charge is 0.303 e. The number of aliphatic carboxylic acids is 1. The molecule has 4 heteroatoms. The van der Waals surface area contributed by atoms with E-state index in [1.165, 1.54) is 6.07 Å². The number of halogens is 1. The number of aliphatic hydroxyl groups is 1. The second kappa shape index (κ2) is 5.46. The molecule has 0 aliphatic heterocycles. The van der Waals surface area contributed by atoms with Gasteiger partial charge < -0.3 is 10.2 Å². The summed E-state index contributed by atoms with van der Waals surface area (Å²) in [6.07, 6.45) is 1.21. The van der Waals surface area contributed by atoms with Crippen LogP contribution in [0.3, 0.4) is 0 Å². The van der Waals surface area contributed by atoms with Crippen molar-refractivity contribution in [3.63, 3.8) is 0 Å². The Morgan fingerprint density at radius 1 is 1.40 bits per heavy atom. The summed E-state index contributed by atoms with van der Waals surface area (Å²) in [6.45, 7) is -0.335. The van der Waals surface area contributed by atoms with E-state index >= 15 is 0 Å². The van der Waals surface area contributed by atoms with Crippen LogP contribution in [0, 0.1) is 5.82 Å². The Morgan fingerprint density at radius 3 is 2.73 bits per heavy atom. The molecular formula is C11H13FO3. The van der Waals surface area contributed by atoms with Crippen molar-refractivity contribution in [3.8, 4) is 0 Å². The zero-order valence-corrected chi connectivity index (χ0v) is 8.24. The lowest BCUT2D eigenvalue weighted by Gasteiger charge is -2.03. The quantitative estimate of drug-likeness (QED) is 0.781. The van der Waals surface area contributed by atoms with Gasteiger partial charge in [0.1, 0.15) is 5.82 Å². The van der Waals surface area contributed by atoms with Crippen molar-refractivity contribution in [2.75, 3.05) is 0 Å². The SMILES string of the molecule is O=C(O)CCCc1ccc(F)c(CO)c1. The van der Waals surface area contributed by atoms with Gasteiger partial charge >= 0.3 is 5.97 Å². The molecule has 2 N–H and O–H groups in total. The van der Waals surface area contributed by atoms with Crippen LogP contribution in [0.25, 0.3) is 0 Å². The molecule has 0 amide bonds. The maximum atomic E-state index is 13.0. The average Bonchev–Trinajstić information content (AvgIpc) is 2.20. The predicted octanol–water partition coefficient (Wildman–Crippen LogP) is 1.73. The molecule has 0 spiro atoms. The maximum absolute atomic E-state index is 13.0. The van der Waals surface area contributed by atoms with Gasteiger partial charge in [-0.1, -0.05) is 12.1 Å². The van der Waals surface area contributed by atoms with Crippen LogP contribution < -0.4 is 0 Å². The lowest BCUT2D eigenvalue weighted by molar-refractivity contribution is -0.137. The van der Waals surface area contributed by atoms with E-state index in [9.17, 15) is 9.18 Å². The topological polar surface area (TPSA) is 57.5 Å². The van der Waals surface area contributed by atoms with Crippen LogP contribution in [0.4, 0.5) is 4.39 Å². The Hall–Kier alpha value is -1.42. The Kier molecular flexibility index (Phi) is 4.24. The van der Waals surface area contributed by atoms with Crippen molar-refractivity contribution in [3.05, 3.63) is 35.1 Å². The summed E-state index contributed by atoms with van der Waals surface area (Å²) >= 11 is 0. The summed E-state index contributed by atoms with van der Waals surface area (Å²) in [5.41, 5.74) is 1.10. The fourth-order valence-electron chi connectivity index (χ4n) is 1.35. The molecule has 0 bridgehead atoms. The molecule has 3 nitrogen and oxygen atoms in total. The molecule has 0 aliphatic rings. The monoisotopic (exact) mass is 212 g/mol. The van der Waals surface area contributed by atoms with Crippen LogP contribution in [-0.4, -0.2) is 16.2 Å². The van der Waals surface area contributed by atoms with Crippen LogP contribution in [-0.2, 0) is 17.8 Å². The van der Waals surface area contributed by atoms with E-state index < -0.39 is 11.8 Å². The van der Waals surface area contributed by atoms with Crippen molar-refractivity contribution >= 4 is 5.97 Å². The second-order valence-corrected chi connectivity index (χ2v) is 3.33. The first-order chi connectivity index (χ1) is 7.13.